The number of rotatable bonds is 10. The molecule has 0 aliphatic carbocycles. The van der Waals surface area contributed by atoms with E-state index in [-0.39, 0.29) is 23.4 Å². The number of carboxylic acid groups (broad SMARTS) is 1. The van der Waals surface area contributed by atoms with Gasteiger partial charge in [-0.25, -0.2) is 9.18 Å². The topological polar surface area (TPSA) is 101 Å². The normalized spacial score (nSPS) is 15.5. The molecule has 0 saturated carbocycles. The van der Waals surface area contributed by atoms with Gasteiger partial charge in [-0.3, -0.25) is 4.79 Å². The molecule has 1 aliphatic rings. The van der Waals surface area contributed by atoms with Crippen LogP contribution in [-0.4, -0.2) is 66.4 Å². The highest BCUT2D eigenvalue weighted by atomic mass is 35.5. The standard InChI is InChI=1S/C29H34ClFN2O6/c1-4-18-13-25-22(28(35)23(29(36)37)15-33(25)26(16-34)17(3)39-5-2)12-19(18)10-20-11-21(14-24(30)27(20)31)32-6-8-38-9-7-32/h11-15,17,26,34H,4-10,16H2,1-3H3,(H,36,37). The number of ether oxygens (including phenoxy) is 2. The number of aliphatic hydroxyl groups excluding tert-OH is 1. The number of carbonyl (C=O) groups is 1. The largest absolute Gasteiger partial charge is 0.477 e. The van der Waals surface area contributed by atoms with Crippen molar-refractivity contribution in [1.82, 2.24) is 4.57 Å². The summed E-state index contributed by atoms with van der Waals surface area (Å²) in [5.74, 6) is -1.90. The Morgan fingerprint density at radius 2 is 1.87 bits per heavy atom. The van der Waals surface area contributed by atoms with Crippen LogP contribution in [0.3, 0.4) is 0 Å². The molecule has 0 amide bonds. The lowest BCUT2D eigenvalue weighted by molar-refractivity contribution is 0.0183. The first-order valence-electron chi connectivity index (χ1n) is 13.2. The van der Waals surface area contributed by atoms with Crippen LogP contribution in [0, 0.1) is 5.82 Å². The molecule has 3 aromatic rings. The van der Waals surface area contributed by atoms with Gasteiger partial charge in [-0.05, 0) is 61.2 Å². The van der Waals surface area contributed by atoms with Gasteiger partial charge in [0.25, 0.3) is 0 Å². The lowest BCUT2D eigenvalue weighted by atomic mass is 9.94. The molecule has 1 aromatic heterocycles. The monoisotopic (exact) mass is 560 g/mol. The lowest BCUT2D eigenvalue weighted by Gasteiger charge is -2.29. The van der Waals surface area contributed by atoms with Crippen molar-refractivity contribution in [3.8, 4) is 0 Å². The van der Waals surface area contributed by atoms with Crippen molar-refractivity contribution >= 4 is 34.2 Å². The fourth-order valence-electron chi connectivity index (χ4n) is 5.21. The Bertz CT molecular complexity index is 1420. The minimum atomic E-state index is -1.37. The second kappa shape index (κ2) is 12.5. The van der Waals surface area contributed by atoms with E-state index < -0.39 is 34.9 Å². The molecule has 2 heterocycles. The average Bonchev–Trinajstić information content (AvgIpc) is 2.93. The number of pyridine rings is 1. The predicted octanol–water partition coefficient (Wildman–Crippen LogP) is 4.44. The molecule has 1 fully saturated rings. The van der Waals surface area contributed by atoms with Gasteiger partial charge in [0.1, 0.15) is 11.4 Å². The van der Waals surface area contributed by atoms with E-state index in [4.69, 9.17) is 21.1 Å². The van der Waals surface area contributed by atoms with E-state index in [0.29, 0.717) is 56.0 Å². The number of carboxylic acids is 1. The third-order valence-corrected chi connectivity index (χ3v) is 7.60. The Morgan fingerprint density at radius 3 is 2.49 bits per heavy atom. The Balaban J connectivity index is 1.88. The molecule has 4 rings (SSSR count). The van der Waals surface area contributed by atoms with Crippen molar-refractivity contribution in [3.63, 3.8) is 0 Å². The van der Waals surface area contributed by atoms with E-state index in [1.54, 1.807) is 29.7 Å². The predicted molar refractivity (Wildman–Crippen MR) is 149 cm³/mol. The number of anilines is 1. The lowest BCUT2D eigenvalue weighted by Crippen LogP contribution is -2.36. The van der Waals surface area contributed by atoms with Gasteiger partial charge in [0, 0.05) is 43.4 Å². The van der Waals surface area contributed by atoms with Crippen molar-refractivity contribution < 1.29 is 28.9 Å². The average molecular weight is 561 g/mol. The van der Waals surface area contributed by atoms with E-state index in [1.165, 1.54) is 6.20 Å². The summed E-state index contributed by atoms with van der Waals surface area (Å²) in [7, 11) is 0. The number of nitrogens with zero attached hydrogens (tertiary/aromatic N) is 2. The SMILES string of the molecule is CCOC(C)C(CO)n1cc(C(=O)O)c(=O)c2cc(Cc3cc(N4CCOCC4)cc(Cl)c3F)c(CC)cc21. The molecular formula is C29H34ClFN2O6. The maximum atomic E-state index is 15.3. The number of morpholine rings is 1. The molecule has 8 nitrogen and oxygen atoms in total. The van der Waals surface area contributed by atoms with E-state index in [2.05, 4.69) is 4.90 Å². The molecular weight excluding hydrogens is 527 g/mol. The number of aromatic nitrogens is 1. The van der Waals surface area contributed by atoms with E-state index in [0.717, 1.165) is 11.3 Å². The maximum absolute atomic E-state index is 15.3. The third kappa shape index (κ3) is 5.96. The van der Waals surface area contributed by atoms with Crippen molar-refractivity contribution in [2.45, 2.75) is 45.8 Å². The molecule has 2 unspecified atom stereocenters. The van der Waals surface area contributed by atoms with Crippen LogP contribution in [0.2, 0.25) is 5.02 Å². The molecule has 0 spiro atoms. The van der Waals surface area contributed by atoms with Crippen LogP contribution in [0.4, 0.5) is 10.1 Å². The van der Waals surface area contributed by atoms with Gasteiger partial charge < -0.3 is 29.2 Å². The zero-order chi connectivity index (χ0) is 28.3. The van der Waals surface area contributed by atoms with Gasteiger partial charge in [0.05, 0.1) is 42.5 Å². The van der Waals surface area contributed by atoms with Crippen molar-refractivity contribution in [1.29, 1.82) is 0 Å². The highest BCUT2D eigenvalue weighted by molar-refractivity contribution is 6.31. The van der Waals surface area contributed by atoms with Crippen LogP contribution in [0.1, 0.15) is 53.9 Å². The van der Waals surface area contributed by atoms with Crippen LogP contribution >= 0.6 is 11.6 Å². The van der Waals surface area contributed by atoms with Gasteiger partial charge in [-0.15, -0.1) is 0 Å². The van der Waals surface area contributed by atoms with Gasteiger partial charge >= 0.3 is 5.97 Å². The molecule has 2 aromatic carbocycles. The molecule has 10 heteroatoms. The first-order chi connectivity index (χ1) is 18.7. The molecule has 210 valence electrons. The van der Waals surface area contributed by atoms with Gasteiger partial charge in [0.15, 0.2) is 0 Å². The van der Waals surface area contributed by atoms with Gasteiger partial charge in [0.2, 0.25) is 5.43 Å². The smallest absolute Gasteiger partial charge is 0.341 e. The number of benzene rings is 2. The molecule has 1 aliphatic heterocycles. The summed E-state index contributed by atoms with van der Waals surface area (Å²) < 4.78 is 28.0. The third-order valence-electron chi connectivity index (χ3n) is 7.33. The van der Waals surface area contributed by atoms with Crippen LogP contribution in [0.15, 0.2) is 35.3 Å². The van der Waals surface area contributed by atoms with Crippen LogP contribution < -0.4 is 10.3 Å². The minimum absolute atomic E-state index is 0.0130. The molecule has 0 bridgehead atoms. The first kappa shape index (κ1) is 29.0. The summed E-state index contributed by atoms with van der Waals surface area (Å²) in [4.78, 5) is 27.4. The van der Waals surface area contributed by atoms with Crippen LogP contribution in [0.25, 0.3) is 10.9 Å². The molecule has 1 saturated heterocycles. The number of halogens is 2. The molecule has 39 heavy (non-hydrogen) atoms. The summed E-state index contributed by atoms with van der Waals surface area (Å²) in [6.45, 7) is 8.15. The molecule has 0 radical (unpaired) electrons. The first-order valence-corrected chi connectivity index (χ1v) is 13.5. The molecule has 2 atom stereocenters. The van der Waals surface area contributed by atoms with E-state index in [9.17, 15) is 19.8 Å². The highest BCUT2D eigenvalue weighted by Gasteiger charge is 2.25. The number of aliphatic hydroxyl groups is 1. The van der Waals surface area contributed by atoms with E-state index in [1.807, 2.05) is 19.9 Å². The Morgan fingerprint density at radius 1 is 1.15 bits per heavy atom. The quantitative estimate of drug-likeness (QED) is 0.378. The number of hydrogen-bond donors (Lipinski definition) is 2. The number of aryl methyl sites for hydroxylation is 1. The van der Waals surface area contributed by atoms with Crippen molar-refractivity contribution in [2.75, 3.05) is 44.4 Å². The molecule has 2 N–H and O–H groups in total. The number of fused-ring (bicyclic) bond motifs is 1. The van der Waals surface area contributed by atoms with E-state index >= 15 is 4.39 Å². The summed E-state index contributed by atoms with van der Waals surface area (Å²) in [5.41, 5.74) is 2.17. The summed E-state index contributed by atoms with van der Waals surface area (Å²) in [5, 5.41) is 20.2. The summed E-state index contributed by atoms with van der Waals surface area (Å²) >= 11 is 6.29. The minimum Gasteiger partial charge on any atom is -0.477 e. The van der Waals surface area contributed by atoms with Crippen LogP contribution in [0.5, 0.6) is 0 Å². The Kier molecular flexibility index (Phi) is 9.27. The second-order valence-corrected chi connectivity index (χ2v) is 10.1. The Hall–Kier alpha value is -2.98. The van der Waals surface area contributed by atoms with Crippen molar-refractivity contribution in [2.24, 2.45) is 0 Å². The number of hydrogen-bond acceptors (Lipinski definition) is 6. The van der Waals surface area contributed by atoms with Gasteiger partial charge in [-0.1, -0.05) is 18.5 Å². The highest BCUT2D eigenvalue weighted by Crippen LogP contribution is 2.31. The zero-order valence-corrected chi connectivity index (χ0v) is 23.1. The fourth-order valence-corrected chi connectivity index (χ4v) is 5.44. The maximum Gasteiger partial charge on any atom is 0.341 e. The Labute approximate surface area is 231 Å². The summed E-state index contributed by atoms with van der Waals surface area (Å²) in [6.07, 6.45) is 1.58. The zero-order valence-electron chi connectivity index (χ0n) is 22.4. The van der Waals surface area contributed by atoms with Crippen LogP contribution in [-0.2, 0) is 22.3 Å². The fraction of sp³-hybridized carbons (Fsp3) is 0.448. The summed E-state index contributed by atoms with van der Waals surface area (Å²) in [6, 6.07) is 6.23. The van der Waals surface area contributed by atoms with Gasteiger partial charge in [-0.2, -0.15) is 0 Å². The second-order valence-electron chi connectivity index (χ2n) is 9.66. The number of aromatic carboxylic acids is 1. The van der Waals surface area contributed by atoms with Crippen molar-refractivity contribution in [3.05, 3.63) is 73.8 Å².